The Kier molecular flexibility index (Phi) is 3.81. The Morgan fingerprint density at radius 2 is 2.29 bits per heavy atom. The summed E-state index contributed by atoms with van der Waals surface area (Å²) in [6.45, 7) is 1.23. The van der Waals surface area contributed by atoms with Gasteiger partial charge in [0.15, 0.2) is 10.3 Å². The molecule has 1 aromatic rings. The van der Waals surface area contributed by atoms with Crippen molar-refractivity contribution < 1.29 is 9.90 Å². The molecule has 1 amide bonds. The zero-order valence-corrected chi connectivity index (χ0v) is 10.4. The summed E-state index contributed by atoms with van der Waals surface area (Å²) in [7, 11) is 0. The summed E-state index contributed by atoms with van der Waals surface area (Å²) in [5.74, 6) is -0.0780. The van der Waals surface area contributed by atoms with Gasteiger partial charge in [0.05, 0.1) is 5.56 Å². The van der Waals surface area contributed by atoms with Crippen LogP contribution in [-0.2, 0) is 0 Å². The van der Waals surface area contributed by atoms with E-state index in [1.54, 1.807) is 4.90 Å². The summed E-state index contributed by atoms with van der Waals surface area (Å²) in [5, 5.41) is 16.4. The molecule has 0 aliphatic carbocycles. The molecule has 1 aliphatic heterocycles. The molecule has 1 N–H and O–H groups in total. The number of carbonyl (C=O) groups is 1. The van der Waals surface area contributed by atoms with Crippen molar-refractivity contribution in [2.75, 3.05) is 19.7 Å². The Morgan fingerprint density at radius 3 is 2.94 bits per heavy atom. The first-order chi connectivity index (χ1) is 8.11. The zero-order chi connectivity index (χ0) is 12.4. The summed E-state index contributed by atoms with van der Waals surface area (Å²) < 4.78 is 0. The molecule has 0 spiro atoms. The highest BCUT2D eigenvalue weighted by molar-refractivity contribution is 6.34. The number of hydrogen-bond donors (Lipinski definition) is 1. The van der Waals surface area contributed by atoms with Crippen LogP contribution < -0.4 is 0 Å². The largest absolute Gasteiger partial charge is 0.396 e. The van der Waals surface area contributed by atoms with E-state index in [0.717, 1.165) is 6.42 Å². The molecule has 5 nitrogen and oxygen atoms in total. The lowest BCUT2D eigenvalue weighted by molar-refractivity contribution is 0.0781. The van der Waals surface area contributed by atoms with Gasteiger partial charge in [-0.05, 0) is 12.5 Å². The van der Waals surface area contributed by atoms with E-state index in [1.165, 1.54) is 6.07 Å². The van der Waals surface area contributed by atoms with Crippen LogP contribution in [0.5, 0.6) is 0 Å². The van der Waals surface area contributed by atoms with Gasteiger partial charge in [-0.2, -0.15) is 0 Å². The molecule has 1 aromatic heterocycles. The Morgan fingerprint density at radius 1 is 1.53 bits per heavy atom. The SMILES string of the molecule is O=C(c1cc(Cl)nnc1Cl)N1CCC(CO)C1. The van der Waals surface area contributed by atoms with Crippen molar-refractivity contribution in [1.82, 2.24) is 15.1 Å². The Bertz CT molecular complexity index is 442. The third-order valence-electron chi connectivity index (χ3n) is 2.78. The van der Waals surface area contributed by atoms with E-state index in [0.29, 0.717) is 13.1 Å². The smallest absolute Gasteiger partial charge is 0.257 e. The fourth-order valence-corrected chi connectivity index (χ4v) is 2.16. The molecule has 0 aromatic carbocycles. The van der Waals surface area contributed by atoms with Gasteiger partial charge in [0.2, 0.25) is 0 Å². The lowest BCUT2D eigenvalue weighted by Crippen LogP contribution is -2.29. The van der Waals surface area contributed by atoms with E-state index in [2.05, 4.69) is 10.2 Å². The molecule has 17 heavy (non-hydrogen) atoms. The van der Waals surface area contributed by atoms with Crippen LogP contribution in [-0.4, -0.2) is 45.8 Å². The van der Waals surface area contributed by atoms with E-state index in [4.69, 9.17) is 28.3 Å². The number of aliphatic hydroxyl groups excluding tert-OH is 1. The molecule has 2 heterocycles. The van der Waals surface area contributed by atoms with Crippen molar-refractivity contribution in [2.45, 2.75) is 6.42 Å². The number of aromatic nitrogens is 2. The van der Waals surface area contributed by atoms with Crippen molar-refractivity contribution in [2.24, 2.45) is 5.92 Å². The summed E-state index contributed by atoms with van der Waals surface area (Å²) in [5.41, 5.74) is 0.255. The maximum Gasteiger partial charge on any atom is 0.257 e. The minimum absolute atomic E-state index is 0.0480. The van der Waals surface area contributed by atoms with E-state index in [-0.39, 0.29) is 34.3 Å². The van der Waals surface area contributed by atoms with Gasteiger partial charge in [0.25, 0.3) is 5.91 Å². The lowest BCUT2D eigenvalue weighted by Gasteiger charge is -2.16. The van der Waals surface area contributed by atoms with Crippen LogP contribution in [0.1, 0.15) is 16.8 Å². The van der Waals surface area contributed by atoms with Gasteiger partial charge in [-0.3, -0.25) is 4.79 Å². The molecule has 92 valence electrons. The highest BCUT2D eigenvalue weighted by Gasteiger charge is 2.28. The van der Waals surface area contributed by atoms with E-state index in [1.807, 2.05) is 0 Å². The monoisotopic (exact) mass is 275 g/mol. The first kappa shape index (κ1) is 12.5. The number of nitrogens with zero attached hydrogens (tertiary/aromatic N) is 3. The topological polar surface area (TPSA) is 66.3 Å². The Labute approximate surface area is 108 Å². The van der Waals surface area contributed by atoms with E-state index >= 15 is 0 Å². The van der Waals surface area contributed by atoms with Crippen LogP contribution in [0, 0.1) is 5.92 Å². The van der Waals surface area contributed by atoms with E-state index < -0.39 is 0 Å². The second-order valence-corrected chi connectivity index (χ2v) is 4.71. The number of aliphatic hydroxyl groups is 1. The average molecular weight is 276 g/mol. The van der Waals surface area contributed by atoms with E-state index in [9.17, 15) is 4.79 Å². The van der Waals surface area contributed by atoms with Crippen LogP contribution in [0.3, 0.4) is 0 Å². The number of carbonyl (C=O) groups excluding carboxylic acids is 1. The van der Waals surface area contributed by atoms with Crippen molar-refractivity contribution in [1.29, 1.82) is 0 Å². The molecule has 0 radical (unpaired) electrons. The average Bonchev–Trinajstić information content (AvgIpc) is 2.80. The minimum Gasteiger partial charge on any atom is -0.396 e. The van der Waals surface area contributed by atoms with Gasteiger partial charge < -0.3 is 10.0 Å². The Hall–Kier alpha value is -0.910. The summed E-state index contributed by atoms with van der Waals surface area (Å²) in [6, 6.07) is 1.41. The molecule has 1 saturated heterocycles. The first-order valence-corrected chi connectivity index (χ1v) is 5.96. The molecule has 1 atom stereocenters. The highest BCUT2D eigenvalue weighted by atomic mass is 35.5. The molecular weight excluding hydrogens is 265 g/mol. The zero-order valence-electron chi connectivity index (χ0n) is 8.94. The predicted molar refractivity (Wildman–Crippen MR) is 63.1 cm³/mol. The van der Waals surface area contributed by atoms with Crippen molar-refractivity contribution >= 4 is 29.1 Å². The quantitative estimate of drug-likeness (QED) is 0.882. The van der Waals surface area contributed by atoms with Crippen molar-refractivity contribution in [3.05, 3.63) is 21.9 Å². The number of halogens is 2. The van der Waals surface area contributed by atoms with Crippen LogP contribution >= 0.6 is 23.2 Å². The van der Waals surface area contributed by atoms with Gasteiger partial charge in [-0.15, -0.1) is 10.2 Å². The van der Waals surface area contributed by atoms with Crippen LogP contribution in [0.15, 0.2) is 6.07 Å². The van der Waals surface area contributed by atoms with Gasteiger partial charge in [-0.25, -0.2) is 0 Å². The van der Waals surface area contributed by atoms with Crippen LogP contribution in [0.2, 0.25) is 10.3 Å². The van der Waals surface area contributed by atoms with Gasteiger partial charge >= 0.3 is 0 Å². The molecule has 1 fully saturated rings. The number of hydrogen-bond acceptors (Lipinski definition) is 4. The van der Waals surface area contributed by atoms with Crippen molar-refractivity contribution in [3.8, 4) is 0 Å². The second kappa shape index (κ2) is 5.16. The van der Waals surface area contributed by atoms with Crippen LogP contribution in [0.25, 0.3) is 0 Å². The van der Waals surface area contributed by atoms with Gasteiger partial charge in [0, 0.05) is 25.6 Å². The molecule has 1 aliphatic rings. The molecule has 7 heteroatoms. The fourth-order valence-electron chi connectivity index (χ4n) is 1.84. The number of rotatable bonds is 2. The number of likely N-dealkylation sites (tertiary alicyclic amines) is 1. The third kappa shape index (κ3) is 2.68. The summed E-state index contributed by atoms with van der Waals surface area (Å²) in [4.78, 5) is 13.8. The molecule has 0 bridgehead atoms. The molecule has 0 saturated carbocycles. The third-order valence-corrected chi connectivity index (χ3v) is 3.24. The molecular formula is C10H11Cl2N3O2. The highest BCUT2D eigenvalue weighted by Crippen LogP contribution is 2.22. The predicted octanol–water partition coefficient (Wildman–Crippen LogP) is 1.24. The Balaban J connectivity index is 2.17. The molecule has 1 unspecified atom stereocenters. The normalized spacial score (nSPS) is 19.7. The maximum absolute atomic E-state index is 12.1. The second-order valence-electron chi connectivity index (χ2n) is 3.96. The van der Waals surface area contributed by atoms with Gasteiger partial charge in [0.1, 0.15) is 0 Å². The number of amides is 1. The lowest BCUT2D eigenvalue weighted by atomic mass is 10.1. The summed E-state index contributed by atoms with van der Waals surface area (Å²) >= 11 is 11.5. The maximum atomic E-state index is 12.1. The molecule has 2 rings (SSSR count). The standard InChI is InChI=1S/C10H11Cl2N3O2/c11-8-3-7(9(12)14-13-8)10(17)15-2-1-6(4-15)5-16/h3,6,16H,1-2,4-5H2. The first-order valence-electron chi connectivity index (χ1n) is 5.20. The fraction of sp³-hybridized carbons (Fsp3) is 0.500. The van der Waals surface area contributed by atoms with Gasteiger partial charge in [-0.1, -0.05) is 23.2 Å². The minimum atomic E-state index is -0.220. The van der Waals surface area contributed by atoms with Crippen molar-refractivity contribution in [3.63, 3.8) is 0 Å². The summed E-state index contributed by atoms with van der Waals surface area (Å²) in [6.07, 6.45) is 0.798. The van der Waals surface area contributed by atoms with Crippen LogP contribution in [0.4, 0.5) is 0 Å².